The zero-order valence-corrected chi connectivity index (χ0v) is 10.8. The van der Waals surface area contributed by atoms with Crippen LogP contribution in [0.15, 0.2) is 24.3 Å². The molecule has 0 spiro atoms. The maximum absolute atomic E-state index is 11.3. The molecule has 1 aromatic rings. The number of rotatable bonds is 4. The third kappa shape index (κ3) is 3.73. The Morgan fingerprint density at radius 3 is 2.44 bits per heavy atom. The quantitative estimate of drug-likeness (QED) is 0.798. The molecule has 96 valence electrons. The van der Waals surface area contributed by atoms with E-state index in [1.165, 1.54) is 11.1 Å². The molecule has 0 aliphatic heterocycles. The number of hydrogen-bond acceptors (Lipinski definition) is 2. The van der Waals surface area contributed by atoms with Crippen molar-refractivity contribution in [3.05, 3.63) is 46.5 Å². The third-order valence-electron chi connectivity index (χ3n) is 3.00. The van der Waals surface area contributed by atoms with Crippen molar-refractivity contribution in [2.24, 2.45) is 0 Å². The first kappa shape index (κ1) is 14.0. The highest BCUT2D eigenvalue weighted by Crippen LogP contribution is 2.16. The van der Waals surface area contributed by atoms with Gasteiger partial charge in [0, 0.05) is 18.7 Å². The summed E-state index contributed by atoms with van der Waals surface area (Å²) < 4.78 is 0. The van der Waals surface area contributed by atoms with Crippen LogP contribution in [0.5, 0.6) is 0 Å². The number of amides is 1. The van der Waals surface area contributed by atoms with Crippen molar-refractivity contribution in [2.45, 2.75) is 27.3 Å². The molecule has 0 radical (unpaired) electrons. The van der Waals surface area contributed by atoms with Crippen molar-refractivity contribution in [1.82, 2.24) is 5.32 Å². The summed E-state index contributed by atoms with van der Waals surface area (Å²) in [5.41, 5.74) is 4.61. The second-order valence-electron chi connectivity index (χ2n) is 4.18. The second kappa shape index (κ2) is 6.00. The van der Waals surface area contributed by atoms with E-state index in [4.69, 9.17) is 5.11 Å². The highest BCUT2D eigenvalue weighted by atomic mass is 16.4. The topological polar surface area (TPSA) is 66.4 Å². The number of hydrogen-bond donors (Lipinski definition) is 2. The van der Waals surface area contributed by atoms with Crippen molar-refractivity contribution in [1.29, 1.82) is 0 Å². The van der Waals surface area contributed by atoms with Crippen LogP contribution in [0.2, 0.25) is 0 Å². The van der Waals surface area contributed by atoms with Gasteiger partial charge in [-0.3, -0.25) is 4.79 Å². The highest BCUT2D eigenvalue weighted by molar-refractivity contribution is 5.93. The number of carboxylic acids is 1. The number of benzene rings is 1. The fourth-order valence-corrected chi connectivity index (χ4v) is 1.59. The summed E-state index contributed by atoms with van der Waals surface area (Å²) in [6.07, 6.45) is 1.83. The minimum Gasteiger partial charge on any atom is -0.478 e. The number of aliphatic carboxylic acids is 1. The number of nitrogens with one attached hydrogen (secondary N) is 1. The number of carbonyl (C=O) groups is 2. The molecular weight excluding hydrogens is 230 g/mol. The fraction of sp³-hybridized carbons (Fsp3) is 0.286. The lowest BCUT2D eigenvalue weighted by atomic mass is 9.99. The fourth-order valence-electron chi connectivity index (χ4n) is 1.59. The summed E-state index contributed by atoms with van der Waals surface area (Å²) in [5.74, 6) is -1.54. The van der Waals surface area contributed by atoms with Gasteiger partial charge in [0.1, 0.15) is 0 Å². The first-order valence-electron chi connectivity index (χ1n) is 5.66. The van der Waals surface area contributed by atoms with Gasteiger partial charge in [0.2, 0.25) is 5.91 Å². The molecule has 0 aromatic heterocycles. The molecule has 4 nitrogen and oxygen atoms in total. The van der Waals surface area contributed by atoms with E-state index >= 15 is 0 Å². The standard InChI is InChI=1S/C14H17NO3/c1-9-4-5-12(11(3)10(9)2)8-15-13(16)6-7-14(17)18/h4-7H,8H2,1-3H3,(H,15,16)(H,17,18)/b7-6+. The van der Waals surface area contributed by atoms with E-state index in [0.29, 0.717) is 6.54 Å². The van der Waals surface area contributed by atoms with Gasteiger partial charge in [0.15, 0.2) is 0 Å². The Bertz CT molecular complexity index is 504. The van der Waals surface area contributed by atoms with E-state index in [2.05, 4.69) is 5.32 Å². The predicted octanol–water partition coefficient (Wildman–Crippen LogP) is 1.87. The van der Waals surface area contributed by atoms with Crippen molar-refractivity contribution in [3.63, 3.8) is 0 Å². The van der Waals surface area contributed by atoms with Gasteiger partial charge >= 0.3 is 5.97 Å². The Morgan fingerprint density at radius 1 is 1.17 bits per heavy atom. The van der Waals surface area contributed by atoms with Crippen molar-refractivity contribution >= 4 is 11.9 Å². The minimum absolute atomic E-state index is 0.399. The predicted molar refractivity (Wildman–Crippen MR) is 69.3 cm³/mol. The molecule has 4 heteroatoms. The Kier molecular flexibility index (Phi) is 4.66. The molecule has 0 bridgehead atoms. The summed E-state index contributed by atoms with van der Waals surface area (Å²) in [7, 11) is 0. The molecule has 0 aliphatic carbocycles. The maximum Gasteiger partial charge on any atom is 0.328 e. The smallest absolute Gasteiger partial charge is 0.328 e. The summed E-state index contributed by atoms with van der Waals surface area (Å²) in [5, 5.41) is 11.0. The van der Waals surface area contributed by atoms with Crippen LogP contribution in [0.1, 0.15) is 22.3 Å². The first-order valence-corrected chi connectivity index (χ1v) is 5.66. The molecule has 1 aromatic carbocycles. The van der Waals surface area contributed by atoms with E-state index in [-0.39, 0.29) is 0 Å². The average molecular weight is 247 g/mol. The molecule has 0 saturated carbocycles. The van der Waals surface area contributed by atoms with Crippen LogP contribution in [0, 0.1) is 20.8 Å². The summed E-state index contributed by atoms with van der Waals surface area (Å²) in [6.45, 7) is 6.49. The monoisotopic (exact) mass is 247 g/mol. The Morgan fingerprint density at radius 2 is 1.83 bits per heavy atom. The number of carbonyl (C=O) groups excluding carboxylic acids is 1. The lowest BCUT2D eigenvalue weighted by Crippen LogP contribution is -2.21. The number of carboxylic acid groups (broad SMARTS) is 1. The van der Waals surface area contributed by atoms with Crippen molar-refractivity contribution in [2.75, 3.05) is 0 Å². The second-order valence-corrected chi connectivity index (χ2v) is 4.18. The van der Waals surface area contributed by atoms with Gasteiger partial charge in [-0.2, -0.15) is 0 Å². The Hall–Kier alpha value is -2.10. The maximum atomic E-state index is 11.3. The molecule has 1 amide bonds. The van der Waals surface area contributed by atoms with E-state index < -0.39 is 11.9 Å². The van der Waals surface area contributed by atoms with Gasteiger partial charge in [0.05, 0.1) is 0 Å². The van der Waals surface area contributed by atoms with Gasteiger partial charge in [-0.25, -0.2) is 4.79 Å². The Balaban J connectivity index is 2.67. The zero-order valence-electron chi connectivity index (χ0n) is 10.8. The molecule has 0 saturated heterocycles. The van der Waals surface area contributed by atoms with Crippen LogP contribution in [-0.4, -0.2) is 17.0 Å². The summed E-state index contributed by atoms with van der Waals surface area (Å²) >= 11 is 0. The molecular formula is C14H17NO3. The zero-order chi connectivity index (χ0) is 13.7. The van der Waals surface area contributed by atoms with Crippen molar-refractivity contribution in [3.8, 4) is 0 Å². The van der Waals surface area contributed by atoms with E-state index in [1.807, 2.05) is 32.9 Å². The Labute approximate surface area is 106 Å². The van der Waals surface area contributed by atoms with Crippen LogP contribution in [-0.2, 0) is 16.1 Å². The average Bonchev–Trinajstić information content (AvgIpc) is 2.32. The van der Waals surface area contributed by atoms with Gasteiger partial charge < -0.3 is 10.4 Å². The van der Waals surface area contributed by atoms with Crippen LogP contribution in [0.3, 0.4) is 0 Å². The van der Waals surface area contributed by atoms with Crippen LogP contribution >= 0.6 is 0 Å². The lowest BCUT2D eigenvalue weighted by molar-refractivity contribution is -0.131. The summed E-state index contributed by atoms with van der Waals surface area (Å²) in [6, 6.07) is 3.98. The van der Waals surface area contributed by atoms with E-state index in [9.17, 15) is 9.59 Å². The SMILES string of the molecule is Cc1ccc(CNC(=O)/C=C/C(=O)O)c(C)c1C. The van der Waals surface area contributed by atoms with Gasteiger partial charge in [0.25, 0.3) is 0 Å². The van der Waals surface area contributed by atoms with E-state index in [0.717, 1.165) is 23.3 Å². The molecule has 18 heavy (non-hydrogen) atoms. The van der Waals surface area contributed by atoms with Crippen molar-refractivity contribution < 1.29 is 14.7 Å². The lowest BCUT2D eigenvalue weighted by Gasteiger charge is -2.11. The largest absolute Gasteiger partial charge is 0.478 e. The molecule has 0 aliphatic rings. The normalized spacial score (nSPS) is 10.6. The van der Waals surface area contributed by atoms with Crippen LogP contribution in [0.4, 0.5) is 0 Å². The molecule has 0 heterocycles. The molecule has 2 N–H and O–H groups in total. The molecule has 1 rings (SSSR count). The van der Waals surface area contributed by atoms with Gasteiger partial charge in [-0.05, 0) is 43.0 Å². The minimum atomic E-state index is -1.13. The summed E-state index contributed by atoms with van der Waals surface area (Å²) in [4.78, 5) is 21.6. The third-order valence-corrected chi connectivity index (χ3v) is 3.00. The van der Waals surface area contributed by atoms with Crippen LogP contribution in [0.25, 0.3) is 0 Å². The van der Waals surface area contributed by atoms with E-state index in [1.54, 1.807) is 0 Å². The van der Waals surface area contributed by atoms with Gasteiger partial charge in [-0.15, -0.1) is 0 Å². The van der Waals surface area contributed by atoms with Crippen LogP contribution < -0.4 is 5.32 Å². The molecule has 0 fully saturated rings. The number of aryl methyl sites for hydroxylation is 1. The first-order chi connectivity index (χ1) is 8.41. The molecule has 0 atom stereocenters. The van der Waals surface area contributed by atoms with Gasteiger partial charge in [-0.1, -0.05) is 12.1 Å². The highest BCUT2D eigenvalue weighted by Gasteiger charge is 2.04. The molecule has 0 unspecified atom stereocenters.